The van der Waals surface area contributed by atoms with E-state index in [4.69, 9.17) is 16.7 Å². The summed E-state index contributed by atoms with van der Waals surface area (Å²) >= 11 is 6.00. The van der Waals surface area contributed by atoms with Crippen molar-refractivity contribution in [3.8, 4) is 5.69 Å². The Balaban J connectivity index is 1.74. The summed E-state index contributed by atoms with van der Waals surface area (Å²) in [6, 6.07) is 7.13. The third kappa shape index (κ3) is 3.28. The highest BCUT2D eigenvalue weighted by molar-refractivity contribution is 6.30. The van der Waals surface area contributed by atoms with Gasteiger partial charge in [-0.25, -0.2) is 4.68 Å². The first kappa shape index (κ1) is 16.5. The molecule has 0 aliphatic heterocycles. The highest BCUT2D eigenvalue weighted by Gasteiger charge is 2.31. The summed E-state index contributed by atoms with van der Waals surface area (Å²) in [5.41, 5.74) is 1.97. The Labute approximate surface area is 144 Å². The molecule has 1 aliphatic carbocycles. The van der Waals surface area contributed by atoms with Gasteiger partial charge >= 0.3 is 5.97 Å². The fourth-order valence-corrected chi connectivity index (χ4v) is 3.29. The van der Waals surface area contributed by atoms with Crippen LogP contribution in [0.15, 0.2) is 30.5 Å². The Morgan fingerprint density at radius 1 is 1.38 bits per heavy atom. The van der Waals surface area contributed by atoms with E-state index in [1.165, 1.54) is 6.20 Å². The second-order valence-corrected chi connectivity index (χ2v) is 6.49. The fraction of sp³-hybridized carbons (Fsp3) is 0.353. The van der Waals surface area contributed by atoms with Gasteiger partial charge in [-0.2, -0.15) is 5.10 Å². The molecule has 1 amide bonds. The van der Waals surface area contributed by atoms with Crippen molar-refractivity contribution < 1.29 is 14.7 Å². The predicted molar refractivity (Wildman–Crippen MR) is 89.5 cm³/mol. The maximum absolute atomic E-state index is 12.5. The van der Waals surface area contributed by atoms with E-state index in [1.54, 1.807) is 16.8 Å². The fourth-order valence-electron chi connectivity index (χ4n) is 3.10. The van der Waals surface area contributed by atoms with Crippen LogP contribution in [0.2, 0.25) is 5.02 Å². The van der Waals surface area contributed by atoms with E-state index in [2.05, 4.69) is 10.4 Å². The molecule has 1 saturated carbocycles. The van der Waals surface area contributed by atoms with Gasteiger partial charge in [0.15, 0.2) is 0 Å². The number of nitrogens with zero attached hydrogens (tertiary/aromatic N) is 2. The van der Waals surface area contributed by atoms with Gasteiger partial charge in [0, 0.05) is 11.1 Å². The van der Waals surface area contributed by atoms with E-state index in [-0.39, 0.29) is 17.9 Å². The lowest BCUT2D eigenvalue weighted by molar-refractivity contribution is -0.141. The lowest BCUT2D eigenvalue weighted by Crippen LogP contribution is -2.33. The van der Waals surface area contributed by atoms with Gasteiger partial charge < -0.3 is 10.4 Å². The molecule has 0 radical (unpaired) electrons. The molecule has 0 bridgehead atoms. The number of carbonyl (C=O) groups is 2. The van der Waals surface area contributed by atoms with Crippen LogP contribution in [0.25, 0.3) is 5.69 Å². The molecule has 1 aliphatic rings. The van der Waals surface area contributed by atoms with Gasteiger partial charge in [0.1, 0.15) is 0 Å². The van der Waals surface area contributed by atoms with Crippen LogP contribution in [0.1, 0.15) is 35.3 Å². The molecule has 0 unspecified atom stereocenters. The lowest BCUT2D eigenvalue weighted by Gasteiger charge is -2.12. The van der Waals surface area contributed by atoms with E-state index >= 15 is 0 Å². The number of aliphatic carboxylic acids is 1. The van der Waals surface area contributed by atoms with E-state index in [0.29, 0.717) is 35.5 Å². The van der Waals surface area contributed by atoms with Crippen molar-refractivity contribution in [3.63, 3.8) is 0 Å². The van der Waals surface area contributed by atoms with Gasteiger partial charge in [-0.15, -0.1) is 0 Å². The van der Waals surface area contributed by atoms with Crippen molar-refractivity contribution in [2.45, 2.75) is 32.2 Å². The SMILES string of the molecule is Cc1c(C(=O)N[C@H]2CC[C@@H](C(=O)O)C2)cnn1-c1cccc(Cl)c1. The molecule has 2 atom stereocenters. The van der Waals surface area contributed by atoms with E-state index in [9.17, 15) is 9.59 Å². The zero-order valence-corrected chi connectivity index (χ0v) is 14.0. The number of carboxylic acids is 1. The van der Waals surface area contributed by atoms with Gasteiger partial charge in [-0.1, -0.05) is 17.7 Å². The molecular weight excluding hydrogens is 330 g/mol. The third-order valence-corrected chi connectivity index (χ3v) is 4.66. The highest BCUT2D eigenvalue weighted by Crippen LogP contribution is 2.26. The van der Waals surface area contributed by atoms with Crippen molar-refractivity contribution >= 4 is 23.5 Å². The zero-order chi connectivity index (χ0) is 17.3. The number of carbonyl (C=O) groups excluding carboxylic acids is 1. The number of aromatic nitrogens is 2. The zero-order valence-electron chi connectivity index (χ0n) is 13.2. The van der Waals surface area contributed by atoms with Crippen molar-refractivity contribution in [2.24, 2.45) is 5.92 Å². The number of nitrogens with one attached hydrogen (secondary N) is 1. The quantitative estimate of drug-likeness (QED) is 0.890. The van der Waals surface area contributed by atoms with Crippen LogP contribution in [-0.2, 0) is 4.79 Å². The minimum Gasteiger partial charge on any atom is -0.481 e. The first-order valence-corrected chi connectivity index (χ1v) is 8.17. The average molecular weight is 348 g/mol. The summed E-state index contributed by atoms with van der Waals surface area (Å²) in [6.45, 7) is 1.82. The highest BCUT2D eigenvalue weighted by atomic mass is 35.5. The molecule has 24 heavy (non-hydrogen) atoms. The summed E-state index contributed by atoms with van der Waals surface area (Å²) in [6.07, 6.45) is 3.28. The molecule has 1 fully saturated rings. The number of halogens is 1. The summed E-state index contributed by atoms with van der Waals surface area (Å²) in [7, 11) is 0. The molecular formula is C17H18ClN3O3. The summed E-state index contributed by atoms with van der Waals surface area (Å²) in [4.78, 5) is 23.5. The predicted octanol–water partition coefficient (Wildman–Crippen LogP) is 2.82. The number of benzene rings is 1. The van der Waals surface area contributed by atoms with Gasteiger partial charge in [0.05, 0.1) is 29.1 Å². The van der Waals surface area contributed by atoms with E-state index < -0.39 is 5.97 Å². The first-order valence-electron chi connectivity index (χ1n) is 7.80. The minimum absolute atomic E-state index is 0.104. The van der Waals surface area contributed by atoms with Crippen molar-refractivity contribution in [1.82, 2.24) is 15.1 Å². The molecule has 2 aromatic rings. The Morgan fingerprint density at radius 3 is 2.83 bits per heavy atom. The molecule has 0 spiro atoms. The molecule has 1 aromatic carbocycles. The van der Waals surface area contributed by atoms with Gasteiger partial charge in [0.2, 0.25) is 0 Å². The van der Waals surface area contributed by atoms with Gasteiger partial charge in [0.25, 0.3) is 5.91 Å². The van der Waals surface area contributed by atoms with Crippen LogP contribution in [0.4, 0.5) is 0 Å². The number of hydrogen-bond acceptors (Lipinski definition) is 3. The largest absolute Gasteiger partial charge is 0.481 e. The summed E-state index contributed by atoms with van der Waals surface area (Å²) < 4.78 is 1.66. The first-order chi connectivity index (χ1) is 11.5. The second kappa shape index (κ2) is 6.65. The molecule has 0 saturated heterocycles. The molecule has 1 aromatic heterocycles. The third-order valence-electron chi connectivity index (χ3n) is 4.42. The molecule has 3 rings (SSSR count). The number of hydrogen-bond donors (Lipinski definition) is 2. The molecule has 6 nitrogen and oxygen atoms in total. The van der Waals surface area contributed by atoms with Crippen molar-refractivity contribution in [3.05, 3.63) is 46.7 Å². The normalized spacial score (nSPS) is 20.1. The van der Waals surface area contributed by atoms with Gasteiger partial charge in [-0.3, -0.25) is 9.59 Å². The Morgan fingerprint density at radius 2 is 2.17 bits per heavy atom. The van der Waals surface area contributed by atoms with Crippen LogP contribution in [0.3, 0.4) is 0 Å². The number of carboxylic acid groups (broad SMARTS) is 1. The maximum atomic E-state index is 12.5. The van der Waals surface area contributed by atoms with E-state index in [1.807, 2.05) is 19.1 Å². The summed E-state index contributed by atoms with van der Waals surface area (Å²) in [5.74, 6) is -1.39. The van der Waals surface area contributed by atoms with Gasteiger partial charge in [-0.05, 0) is 44.4 Å². The lowest BCUT2D eigenvalue weighted by atomic mass is 10.1. The second-order valence-electron chi connectivity index (χ2n) is 6.05. The monoisotopic (exact) mass is 347 g/mol. The number of amides is 1. The molecule has 2 N–H and O–H groups in total. The minimum atomic E-state index is -0.795. The maximum Gasteiger partial charge on any atom is 0.306 e. The Bertz CT molecular complexity index is 787. The standard InChI is InChI=1S/C17H18ClN3O3/c1-10-15(9-19-21(10)14-4-2-3-12(18)8-14)16(22)20-13-6-5-11(7-13)17(23)24/h2-4,8-9,11,13H,5-7H2,1H3,(H,20,22)(H,23,24)/t11-,13+/m1/s1. The van der Waals surface area contributed by atoms with Crippen LogP contribution >= 0.6 is 11.6 Å². The summed E-state index contributed by atoms with van der Waals surface area (Å²) in [5, 5.41) is 16.8. The van der Waals surface area contributed by atoms with Crippen LogP contribution in [-0.4, -0.2) is 32.8 Å². The van der Waals surface area contributed by atoms with Crippen LogP contribution in [0, 0.1) is 12.8 Å². The van der Waals surface area contributed by atoms with Crippen molar-refractivity contribution in [2.75, 3.05) is 0 Å². The molecule has 7 heteroatoms. The van der Waals surface area contributed by atoms with Crippen molar-refractivity contribution in [1.29, 1.82) is 0 Å². The topological polar surface area (TPSA) is 84.2 Å². The molecule has 126 valence electrons. The Hall–Kier alpha value is -2.34. The Kier molecular flexibility index (Phi) is 4.57. The average Bonchev–Trinajstić information content (AvgIpc) is 3.14. The van der Waals surface area contributed by atoms with Crippen LogP contribution in [0.5, 0.6) is 0 Å². The molecule has 1 heterocycles. The van der Waals surface area contributed by atoms with Crippen LogP contribution < -0.4 is 5.32 Å². The smallest absolute Gasteiger partial charge is 0.306 e. The van der Waals surface area contributed by atoms with E-state index in [0.717, 1.165) is 5.69 Å². The number of rotatable bonds is 4.